The van der Waals surface area contributed by atoms with Gasteiger partial charge in [0.25, 0.3) is 0 Å². The maximum absolute atomic E-state index is 13.3. The number of hydrogen-bond acceptors (Lipinski definition) is 9. The van der Waals surface area contributed by atoms with E-state index in [4.69, 9.17) is 18.4 Å². The van der Waals surface area contributed by atoms with Crippen molar-refractivity contribution in [3.8, 4) is 17.2 Å². The van der Waals surface area contributed by atoms with Crippen molar-refractivity contribution in [3.63, 3.8) is 0 Å². The van der Waals surface area contributed by atoms with Gasteiger partial charge in [-0.05, 0) is 25.1 Å². The average Bonchev–Trinajstić information content (AvgIpc) is 3.46. The molecule has 0 bridgehead atoms. The number of aryl methyl sites for hydroxylation is 1. The number of phenols is 1. The Hall–Kier alpha value is -4.34. The van der Waals surface area contributed by atoms with Gasteiger partial charge in [-0.15, -0.1) is 0 Å². The largest absolute Gasteiger partial charge is 0.508 e. The Morgan fingerprint density at radius 1 is 1.18 bits per heavy atom. The summed E-state index contributed by atoms with van der Waals surface area (Å²) in [6.07, 6.45) is 1.59. The maximum Gasteiger partial charge on any atom is 0.231 e. The van der Waals surface area contributed by atoms with Crippen LogP contribution in [-0.4, -0.2) is 34.5 Å². The SMILES string of the molecule is Cc1noc(CCNC(=O)C[C@@H](c2cc3c(cc2O)OCO3)c2coc3ccccc3c2=O)n1. The third kappa shape index (κ3) is 4.17. The summed E-state index contributed by atoms with van der Waals surface area (Å²) in [5, 5.41) is 17.6. The minimum Gasteiger partial charge on any atom is -0.508 e. The van der Waals surface area contributed by atoms with Crippen molar-refractivity contribution in [1.82, 2.24) is 15.5 Å². The highest BCUT2D eigenvalue weighted by molar-refractivity contribution is 5.80. The number of fused-ring (bicyclic) bond motifs is 2. The molecule has 2 aromatic carbocycles. The fourth-order valence-electron chi connectivity index (χ4n) is 3.95. The van der Waals surface area contributed by atoms with E-state index in [-0.39, 0.29) is 42.4 Å². The van der Waals surface area contributed by atoms with Gasteiger partial charge in [0.1, 0.15) is 11.3 Å². The van der Waals surface area contributed by atoms with E-state index in [1.54, 1.807) is 37.3 Å². The molecule has 34 heavy (non-hydrogen) atoms. The molecule has 3 heterocycles. The first-order valence-corrected chi connectivity index (χ1v) is 10.7. The molecule has 174 valence electrons. The van der Waals surface area contributed by atoms with Crippen LogP contribution in [0.5, 0.6) is 17.2 Å². The number of carbonyl (C=O) groups is 1. The number of ether oxygens (including phenoxy) is 2. The van der Waals surface area contributed by atoms with Crippen LogP contribution in [0.4, 0.5) is 0 Å². The molecular weight excluding hydrogens is 442 g/mol. The molecule has 5 rings (SSSR count). The molecule has 2 N–H and O–H groups in total. The molecule has 4 aromatic rings. The number of phenolic OH excluding ortho intramolecular Hbond substituents is 1. The lowest BCUT2D eigenvalue weighted by Gasteiger charge is -2.19. The molecule has 1 aliphatic heterocycles. The molecule has 1 amide bonds. The third-order valence-corrected chi connectivity index (χ3v) is 5.60. The molecule has 0 unspecified atom stereocenters. The van der Waals surface area contributed by atoms with Crippen molar-refractivity contribution < 1.29 is 28.3 Å². The van der Waals surface area contributed by atoms with Crippen molar-refractivity contribution in [2.24, 2.45) is 0 Å². The molecule has 0 saturated heterocycles. The quantitative estimate of drug-likeness (QED) is 0.424. The van der Waals surface area contributed by atoms with E-state index in [2.05, 4.69) is 15.5 Å². The number of amides is 1. The summed E-state index contributed by atoms with van der Waals surface area (Å²) in [5.74, 6) is 0.517. The second kappa shape index (κ2) is 8.89. The number of aromatic hydroxyl groups is 1. The first kappa shape index (κ1) is 21.5. The molecule has 1 atom stereocenters. The van der Waals surface area contributed by atoms with Crippen molar-refractivity contribution in [2.45, 2.75) is 25.7 Å². The number of hydrogen-bond donors (Lipinski definition) is 2. The topological polar surface area (TPSA) is 137 Å². The minimum atomic E-state index is -0.791. The normalized spacial score (nSPS) is 13.2. The van der Waals surface area contributed by atoms with Gasteiger partial charge in [-0.1, -0.05) is 17.3 Å². The van der Waals surface area contributed by atoms with Gasteiger partial charge >= 0.3 is 0 Å². The van der Waals surface area contributed by atoms with E-state index < -0.39 is 5.92 Å². The fourth-order valence-corrected chi connectivity index (χ4v) is 3.95. The van der Waals surface area contributed by atoms with E-state index in [9.17, 15) is 14.7 Å². The molecular formula is C24H21N3O7. The van der Waals surface area contributed by atoms with Gasteiger partial charge in [0, 0.05) is 42.5 Å². The van der Waals surface area contributed by atoms with Gasteiger partial charge in [-0.2, -0.15) is 4.98 Å². The second-order valence-corrected chi connectivity index (χ2v) is 7.87. The predicted octanol–water partition coefficient (Wildman–Crippen LogP) is 2.80. The summed E-state index contributed by atoms with van der Waals surface area (Å²) in [5.41, 5.74) is 0.757. The summed E-state index contributed by atoms with van der Waals surface area (Å²) in [6.45, 7) is 2.01. The van der Waals surface area contributed by atoms with Crippen LogP contribution >= 0.6 is 0 Å². The first-order chi connectivity index (χ1) is 16.5. The van der Waals surface area contributed by atoms with Crippen LogP contribution < -0.4 is 20.2 Å². The number of rotatable bonds is 7. The zero-order valence-corrected chi connectivity index (χ0v) is 18.2. The lowest BCUT2D eigenvalue weighted by molar-refractivity contribution is -0.121. The van der Waals surface area contributed by atoms with Crippen LogP contribution in [0.2, 0.25) is 0 Å². The lowest BCUT2D eigenvalue weighted by Crippen LogP contribution is -2.28. The van der Waals surface area contributed by atoms with E-state index in [1.807, 2.05) is 0 Å². The Kier molecular flexibility index (Phi) is 5.62. The second-order valence-electron chi connectivity index (χ2n) is 7.87. The van der Waals surface area contributed by atoms with Crippen LogP contribution in [0.3, 0.4) is 0 Å². The number of nitrogens with zero attached hydrogens (tertiary/aromatic N) is 2. The van der Waals surface area contributed by atoms with Gasteiger partial charge in [0.15, 0.2) is 22.8 Å². The number of para-hydroxylation sites is 1. The number of nitrogens with one attached hydrogen (secondary N) is 1. The molecule has 0 spiro atoms. The van der Waals surface area contributed by atoms with Gasteiger partial charge in [-0.25, -0.2) is 0 Å². The molecule has 10 heteroatoms. The predicted molar refractivity (Wildman–Crippen MR) is 119 cm³/mol. The number of benzene rings is 2. The molecule has 1 aliphatic rings. The van der Waals surface area contributed by atoms with Crippen LogP contribution in [0.15, 0.2) is 56.4 Å². The van der Waals surface area contributed by atoms with E-state index in [0.717, 1.165) is 0 Å². The van der Waals surface area contributed by atoms with E-state index in [1.165, 1.54) is 12.3 Å². The molecule has 0 radical (unpaired) electrons. The third-order valence-electron chi connectivity index (χ3n) is 5.60. The Labute approximate surface area is 193 Å². The maximum atomic E-state index is 13.3. The van der Waals surface area contributed by atoms with Gasteiger partial charge < -0.3 is 28.8 Å². The van der Waals surface area contributed by atoms with Crippen molar-refractivity contribution in [1.29, 1.82) is 0 Å². The zero-order valence-electron chi connectivity index (χ0n) is 18.2. The standard InChI is InChI=1S/C24H21N3O7/c1-13-26-23(34-27-13)6-7-25-22(29)9-15(16-8-20-21(10-18(16)28)33-12-32-20)17-11-31-19-5-3-2-4-14(19)24(17)30/h2-5,8,10-11,15,28H,6-7,9,12H2,1H3,(H,25,29)/t15-/m0/s1. The zero-order chi connectivity index (χ0) is 23.7. The molecule has 0 aliphatic carbocycles. The lowest BCUT2D eigenvalue weighted by atomic mass is 9.87. The summed E-state index contributed by atoms with van der Waals surface area (Å²) in [7, 11) is 0. The smallest absolute Gasteiger partial charge is 0.231 e. The highest BCUT2D eigenvalue weighted by Gasteiger charge is 2.28. The summed E-state index contributed by atoms with van der Waals surface area (Å²) in [4.78, 5) is 30.3. The van der Waals surface area contributed by atoms with Crippen LogP contribution in [0.25, 0.3) is 11.0 Å². The average molecular weight is 463 g/mol. The van der Waals surface area contributed by atoms with Gasteiger partial charge in [0.05, 0.1) is 11.6 Å². The monoisotopic (exact) mass is 463 g/mol. The van der Waals surface area contributed by atoms with E-state index >= 15 is 0 Å². The fraction of sp³-hybridized carbons (Fsp3) is 0.250. The number of aromatic nitrogens is 2. The minimum absolute atomic E-state index is 0.0244. The molecule has 2 aromatic heterocycles. The van der Waals surface area contributed by atoms with Crippen LogP contribution in [0.1, 0.15) is 35.2 Å². The van der Waals surface area contributed by atoms with Gasteiger partial charge in [-0.3, -0.25) is 9.59 Å². The Bertz CT molecular complexity index is 1430. The van der Waals surface area contributed by atoms with E-state index in [0.29, 0.717) is 46.2 Å². The van der Waals surface area contributed by atoms with Crippen molar-refractivity contribution in [3.05, 3.63) is 75.7 Å². The summed E-state index contributed by atoms with van der Waals surface area (Å²) in [6, 6.07) is 9.87. The van der Waals surface area contributed by atoms with Gasteiger partial charge in [0.2, 0.25) is 18.6 Å². The highest BCUT2D eigenvalue weighted by atomic mass is 16.7. The van der Waals surface area contributed by atoms with Crippen molar-refractivity contribution in [2.75, 3.05) is 13.3 Å². The highest BCUT2D eigenvalue weighted by Crippen LogP contribution is 2.42. The van der Waals surface area contributed by atoms with Crippen LogP contribution in [-0.2, 0) is 11.2 Å². The number of carbonyl (C=O) groups excluding carboxylic acids is 1. The summed E-state index contributed by atoms with van der Waals surface area (Å²) < 4.78 is 21.5. The molecule has 0 saturated carbocycles. The first-order valence-electron chi connectivity index (χ1n) is 10.7. The Balaban J connectivity index is 1.46. The Morgan fingerprint density at radius 2 is 1.97 bits per heavy atom. The van der Waals surface area contributed by atoms with Crippen LogP contribution in [0, 0.1) is 6.92 Å². The molecule has 10 nitrogen and oxygen atoms in total. The summed E-state index contributed by atoms with van der Waals surface area (Å²) >= 11 is 0. The van der Waals surface area contributed by atoms with Crippen molar-refractivity contribution >= 4 is 16.9 Å². The Morgan fingerprint density at radius 3 is 2.76 bits per heavy atom. The molecule has 0 fully saturated rings.